The van der Waals surface area contributed by atoms with Crippen molar-refractivity contribution >= 4 is 0 Å². The fraction of sp³-hybridized carbons (Fsp3) is 0. The van der Waals surface area contributed by atoms with E-state index in [1.165, 1.54) is 36.4 Å². The Kier molecular flexibility index (Phi) is 3.52. The molecule has 0 aliphatic carbocycles. The summed E-state index contributed by atoms with van der Waals surface area (Å²) in [5, 5.41) is 4.29. The molecule has 0 fully saturated rings. The number of hydrogen-bond donors (Lipinski definition) is 0. The molecule has 0 saturated heterocycles. The van der Waals surface area contributed by atoms with Crippen LogP contribution in [0.3, 0.4) is 0 Å². The summed E-state index contributed by atoms with van der Waals surface area (Å²) in [6, 6.07) is 11.2. The van der Waals surface area contributed by atoms with Crippen LogP contribution in [0, 0.1) is 11.6 Å². The van der Waals surface area contributed by atoms with Crippen molar-refractivity contribution in [3.8, 4) is 11.5 Å². The minimum Gasteiger partial charge on any atom is -0.296 e. The molecule has 0 atom stereocenters. The first-order valence-corrected chi connectivity index (χ1v) is 4.77. The monoisotopic (exact) mass is 238 g/mol. The van der Waals surface area contributed by atoms with Crippen LogP contribution in [0.1, 0.15) is 0 Å². The molecule has 2 rings (SSSR count). The third-order valence-electron chi connectivity index (χ3n) is 1.92. The summed E-state index contributed by atoms with van der Waals surface area (Å²) < 4.78 is 26.1. The lowest BCUT2D eigenvalue weighted by atomic mass is 10.3. The maximum absolute atomic E-state index is 13.1. The zero-order chi connectivity index (χ0) is 12.1. The first-order valence-electron chi connectivity index (χ1n) is 4.77. The Bertz CT molecular complexity index is 457. The van der Waals surface area contributed by atoms with Gasteiger partial charge in [-0.1, -0.05) is 24.3 Å². The van der Waals surface area contributed by atoms with Gasteiger partial charge in [-0.25, -0.2) is 8.78 Å². The highest BCUT2D eigenvalue weighted by molar-refractivity contribution is 5.23. The maximum Gasteiger partial charge on any atom is 0.205 e. The van der Waals surface area contributed by atoms with Crippen LogP contribution in [-0.2, 0) is 5.04 Å². The molecule has 0 unspecified atom stereocenters. The zero-order valence-electron chi connectivity index (χ0n) is 8.60. The standard InChI is InChI=1S/C12H8F2O3/c13-9-5-1-3-7-11(9)15-17-16-12-8-4-2-6-10(12)14/h1-8H. The van der Waals surface area contributed by atoms with Crippen molar-refractivity contribution in [2.45, 2.75) is 0 Å². The molecule has 17 heavy (non-hydrogen) atoms. The quantitative estimate of drug-likeness (QED) is 0.604. The molecule has 88 valence electrons. The van der Waals surface area contributed by atoms with E-state index in [1.807, 2.05) is 0 Å². The second-order valence-corrected chi connectivity index (χ2v) is 3.10. The van der Waals surface area contributed by atoms with E-state index >= 15 is 0 Å². The Hall–Kier alpha value is -2.14. The molecule has 0 spiro atoms. The Morgan fingerprint density at radius 2 is 1.06 bits per heavy atom. The minimum absolute atomic E-state index is 0.149. The molecule has 0 saturated carbocycles. The van der Waals surface area contributed by atoms with Gasteiger partial charge in [0.2, 0.25) is 11.5 Å². The molecule has 0 aliphatic heterocycles. The number of halogens is 2. The third kappa shape index (κ3) is 2.92. The second-order valence-electron chi connectivity index (χ2n) is 3.10. The molecule has 2 aromatic carbocycles. The Morgan fingerprint density at radius 3 is 1.47 bits per heavy atom. The largest absolute Gasteiger partial charge is 0.296 e. The van der Waals surface area contributed by atoms with E-state index in [9.17, 15) is 8.78 Å². The van der Waals surface area contributed by atoms with Gasteiger partial charge in [0.15, 0.2) is 11.6 Å². The fourth-order valence-electron chi connectivity index (χ4n) is 1.11. The van der Waals surface area contributed by atoms with Gasteiger partial charge in [-0.2, -0.15) is 0 Å². The summed E-state index contributed by atoms with van der Waals surface area (Å²) in [5.74, 6) is -1.51. The van der Waals surface area contributed by atoms with E-state index in [0.29, 0.717) is 0 Å². The maximum atomic E-state index is 13.1. The molecule has 3 nitrogen and oxygen atoms in total. The first kappa shape index (κ1) is 11.3. The summed E-state index contributed by atoms with van der Waals surface area (Å²) >= 11 is 0. The predicted octanol–water partition coefficient (Wildman–Crippen LogP) is 3.27. The lowest BCUT2D eigenvalue weighted by Gasteiger charge is -2.05. The van der Waals surface area contributed by atoms with Crippen molar-refractivity contribution in [1.82, 2.24) is 0 Å². The summed E-state index contributed by atoms with van der Waals surface area (Å²) in [6.07, 6.45) is 0. The van der Waals surface area contributed by atoms with Crippen molar-refractivity contribution in [2.24, 2.45) is 0 Å². The van der Waals surface area contributed by atoms with Crippen molar-refractivity contribution < 1.29 is 23.6 Å². The Morgan fingerprint density at radius 1 is 0.647 bits per heavy atom. The Balaban J connectivity index is 1.93. The van der Waals surface area contributed by atoms with Crippen molar-refractivity contribution in [2.75, 3.05) is 0 Å². The SMILES string of the molecule is Fc1ccccc1OOOc1ccccc1F. The minimum atomic E-state index is -0.607. The van der Waals surface area contributed by atoms with Crippen LogP contribution in [0.25, 0.3) is 0 Å². The van der Waals surface area contributed by atoms with Gasteiger partial charge in [-0.05, 0) is 24.3 Å². The van der Waals surface area contributed by atoms with Gasteiger partial charge in [-0.3, -0.25) is 9.78 Å². The molecule has 0 heterocycles. The van der Waals surface area contributed by atoms with E-state index in [2.05, 4.69) is 14.8 Å². The molecule has 0 bridgehead atoms. The smallest absolute Gasteiger partial charge is 0.205 e. The molecule has 2 aromatic rings. The van der Waals surface area contributed by atoms with Crippen LogP contribution < -0.4 is 9.78 Å². The van der Waals surface area contributed by atoms with Crippen LogP contribution in [0.2, 0.25) is 0 Å². The average Bonchev–Trinajstić information content (AvgIpc) is 2.34. The van der Waals surface area contributed by atoms with E-state index in [-0.39, 0.29) is 11.5 Å². The predicted molar refractivity (Wildman–Crippen MR) is 55.1 cm³/mol. The highest BCUT2D eigenvalue weighted by Crippen LogP contribution is 2.18. The summed E-state index contributed by atoms with van der Waals surface area (Å²) in [6.45, 7) is 0. The van der Waals surface area contributed by atoms with Gasteiger partial charge in [0, 0.05) is 5.04 Å². The molecule has 0 N–H and O–H groups in total. The van der Waals surface area contributed by atoms with Crippen LogP contribution in [0.4, 0.5) is 8.78 Å². The number of rotatable bonds is 4. The lowest BCUT2D eigenvalue weighted by Crippen LogP contribution is -2.04. The van der Waals surface area contributed by atoms with Crippen LogP contribution in [-0.4, -0.2) is 0 Å². The molecular formula is C12H8F2O3. The summed E-state index contributed by atoms with van der Waals surface area (Å²) in [7, 11) is 0. The molecule has 0 aromatic heterocycles. The van der Waals surface area contributed by atoms with Gasteiger partial charge in [0.1, 0.15) is 0 Å². The third-order valence-corrected chi connectivity index (χ3v) is 1.92. The van der Waals surface area contributed by atoms with Gasteiger partial charge in [0.05, 0.1) is 0 Å². The van der Waals surface area contributed by atoms with Gasteiger partial charge >= 0.3 is 0 Å². The van der Waals surface area contributed by atoms with E-state index in [1.54, 1.807) is 12.1 Å². The van der Waals surface area contributed by atoms with E-state index < -0.39 is 11.6 Å². The average molecular weight is 238 g/mol. The highest BCUT2D eigenvalue weighted by atomic mass is 19.1. The molecule has 5 heteroatoms. The molecule has 0 aliphatic rings. The van der Waals surface area contributed by atoms with Crippen molar-refractivity contribution in [3.05, 3.63) is 60.2 Å². The highest BCUT2D eigenvalue weighted by Gasteiger charge is 2.06. The van der Waals surface area contributed by atoms with E-state index in [4.69, 9.17) is 0 Å². The molecule has 0 amide bonds. The van der Waals surface area contributed by atoms with Crippen molar-refractivity contribution in [1.29, 1.82) is 0 Å². The fourth-order valence-corrected chi connectivity index (χ4v) is 1.11. The second kappa shape index (κ2) is 5.27. The van der Waals surface area contributed by atoms with Gasteiger partial charge in [-0.15, -0.1) is 0 Å². The van der Waals surface area contributed by atoms with Crippen LogP contribution in [0.15, 0.2) is 48.5 Å². The van der Waals surface area contributed by atoms with Gasteiger partial charge in [0.25, 0.3) is 0 Å². The number of para-hydroxylation sites is 2. The molecule has 0 radical (unpaired) electrons. The number of benzene rings is 2. The summed E-state index contributed by atoms with van der Waals surface area (Å²) in [4.78, 5) is 9.06. The zero-order valence-corrected chi connectivity index (χ0v) is 8.60. The Labute approximate surface area is 96.0 Å². The number of hydrogen-bond acceptors (Lipinski definition) is 3. The van der Waals surface area contributed by atoms with Crippen LogP contribution >= 0.6 is 0 Å². The van der Waals surface area contributed by atoms with Gasteiger partial charge < -0.3 is 0 Å². The normalized spacial score (nSPS) is 10.0. The lowest BCUT2D eigenvalue weighted by molar-refractivity contribution is -0.413. The van der Waals surface area contributed by atoms with Crippen LogP contribution in [0.5, 0.6) is 11.5 Å². The first-order chi connectivity index (χ1) is 8.27. The topological polar surface area (TPSA) is 27.7 Å². The molecular weight excluding hydrogens is 230 g/mol. The van der Waals surface area contributed by atoms with Crippen molar-refractivity contribution in [3.63, 3.8) is 0 Å². The summed E-state index contributed by atoms with van der Waals surface area (Å²) in [5.41, 5.74) is 0. The van der Waals surface area contributed by atoms with E-state index in [0.717, 1.165) is 0 Å².